The molecule has 118 valence electrons. The van der Waals surface area contributed by atoms with Crippen molar-refractivity contribution in [1.29, 1.82) is 5.26 Å². The molecule has 2 aliphatic carbocycles. The lowest BCUT2D eigenvalue weighted by atomic mass is 10.0. The van der Waals surface area contributed by atoms with Gasteiger partial charge in [-0.05, 0) is 50.4 Å². The summed E-state index contributed by atoms with van der Waals surface area (Å²) in [7, 11) is 0. The van der Waals surface area contributed by atoms with Gasteiger partial charge >= 0.3 is 0 Å². The first-order chi connectivity index (χ1) is 9.67. The molecule has 1 aliphatic heterocycles. The quantitative estimate of drug-likeness (QED) is 0.817. The van der Waals surface area contributed by atoms with Gasteiger partial charge in [0.2, 0.25) is 5.91 Å². The summed E-state index contributed by atoms with van der Waals surface area (Å²) in [6.45, 7) is 1.08. The van der Waals surface area contributed by atoms with E-state index in [2.05, 4.69) is 11.4 Å². The summed E-state index contributed by atoms with van der Waals surface area (Å²) in [6, 6.07) is 2.40. The first-order valence-corrected chi connectivity index (χ1v) is 7.78. The van der Waals surface area contributed by atoms with Gasteiger partial charge < -0.3 is 15.3 Å². The third-order valence-electron chi connectivity index (χ3n) is 5.25. The Kier molecular flexibility index (Phi) is 5.48. The average molecular weight is 314 g/mol. The van der Waals surface area contributed by atoms with Crippen LogP contribution in [0.2, 0.25) is 0 Å². The molecule has 2 N–H and O–H groups in total. The van der Waals surface area contributed by atoms with E-state index in [1.807, 2.05) is 0 Å². The molecule has 0 aromatic rings. The number of carbonyl (C=O) groups excluding carboxylic acids is 1. The van der Waals surface area contributed by atoms with Crippen LogP contribution in [0, 0.1) is 23.2 Å². The Morgan fingerprint density at radius 2 is 1.95 bits per heavy atom. The van der Waals surface area contributed by atoms with Gasteiger partial charge in [-0.25, -0.2) is 0 Å². The Bertz CT molecular complexity index is 412. The predicted molar refractivity (Wildman–Crippen MR) is 80.8 cm³/mol. The van der Waals surface area contributed by atoms with E-state index < -0.39 is 0 Å². The van der Waals surface area contributed by atoms with Crippen LogP contribution in [0.5, 0.6) is 0 Å². The third kappa shape index (κ3) is 3.50. The number of fused-ring (bicyclic) bond motifs is 1. The zero-order valence-corrected chi connectivity index (χ0v) is 13.0. The van der Waals surface area contributed by atoms with Gasteiger partial charge in [0.1, 0.15) is 6.04 Å². The van der Waals surface area contributed by atoms with E-state index in [4.69, 9.17) is 5.26 Å². The molecule has 0 aromatic heterocycles. The maximum absolute atomic E-state index is 12.1. The molecule has 0 aromatic carbocycles. The highest BCUT2D eigenvalue weighted by atomic mass is 35.5. The summed E-state index contributed by atoms with van der Waals surface area (Å²) in [5.41, 5.74) is 0. The second-order valence-electron chi connectivity index (χ2n) is 6.57. The zero-order chi connectivity index (χ0) is 14.1. The molecular weight excluding hydrogens is 290 g/mol. The summed E-state index contributed by atoms with van der Waals surface area (Å²) in [5, 5.41) is 22.0. The minimum absolute atomic E-state index is 0. The van der Waals surface area contributed by atoms with Crippen LogP contribution in [0.25, 0.3) is 0 Å². The van der Waals surface area contributed by atoms with Gasteiger partial charge in [-0.3, -0.25) is 4.79 Å². The molecule has 3 aliphatic rings. The van der Waals surface area contributed by atoms with E-state index >= 15 is 0 Å². The van der Waals surface area contributed by atoms with E-state index in [0.29, 0.717) is 24.4 Å². The summed E-state index contributed by atoms with van der Waals surface area (Å²) in [6.07, 6.45) is 5.67. The molecule has 3 rings (SSSR count). The first-order valence-electron chi connectivity index (χ1n) is 7.78. The van der Waals surface area contributed by atoms with Crippen molar-refractivity contribution in [1.82, 2.24) is 10.2 Å². The Morgan fingerprint density at radius 3 is 2.57 bits per heavy atom. The molecule has 1 amide bonds. The Labute approximate surface area is 132 Å². The lowest BCUT2D eigenvalue weighted by Gasteiger charge is -2.21. The Morgan fingerprint density at radius 1 is 1.29 bits per heavy atom. The smallest absolute Gasteiger partial charge is 0.237 e. The third-order valence-corrected chi connectivity index (χ3v) is 5.25. The molecule has 0 spiro atoms. The molecule has 0 radical (unpaired) electrons. The van der Waals surface area contributed by atoms with Gasteiger partial charge in [0.05, 0.1) is 18.7 Å². The van der Waals surface area contributed by atoms with E-state index in [1.165, 1.54) is 0 Å². The predicted octanol–water partition coefficient (Wildman–Crippen LogP) is 1.06. The highest BCUT2D eigenvalue weighted by molar-refractivity contribution is 5.85. The minimum atomic E-state index is -0.220. The summed E-state index contributed by atoms with van der Waals surface area (Å²) in [4.78, 5) is 13.9. The Balaban J connectivity index is 0.00000161. The normalized spacial score (nSPS) is 37.9. The number of aliphatic hydroxyl groups is 1. The number of aliphatic hydroxyl groups excluding tert-OH is 1. The maximum Gasteiger partial charge on any atom is 0.237 e. The van der Waals surface area contributed by atoms with Gasteiger partial charge in [0, 0.05) is 12.6 Å². The number of hydrogen-bond donors (Lipinski definition) is 2. The fourth-order valence-corrected chi connectivity index (χ4v) is 4.28. The van der Waals surface area contributed by atoms with Crippen LogP contribution < -0.4 is 5.32 Å². The van der Waals surface area contributed by atoms with Gasteiger partial charge in [-0.1, -0.05) is 0 Å². The van der Waals surface area contributed by atoms with E-state index in [0.717, 1.165) is 45.1 Å². The van der Waals surface area contributed by atoms with Crippen molar-refractivity contribution in [2.75, 3.05) is 13.1 Å². The van der Waals surface area contributed by atoms with Gasteiger partial charge in [-0.2, -0.15) is 5.26 Å². The van der Waals surface area contributed by atoms with Crippen LogP contribution in [0.4, 0.5) is 0 Å². The van der Waals surface area contributed by atoms with Crippen molar-refractivity contribution in [3.63, 3.8) is 0 Å². The van der Waals surface area contributed by atoms with Crippen LogP contribution >= 0.6 is 12.4 Å². The number of hydrogen-bond acceptors (Lipinski definition) is 4. The van der Waals surface area contributed by atoms with E-state index in [-0.39, 0.29) is 30.5 Å². The number of halogens is 1. The van der Waals surface area contributed by atoms with Crippen molar-refractivity contribution >= 4 is 18.3 Å². The minimum Gasteiger partial charge on any atom is -0.393 e. The fourth-order valence-electron chi connectivity index (χ4n) is 4.28. The van der Waals surface area contributed by atoms with Crippen LogP contribution in [0.15, 0.2) is 0 Å². The molecule has 1 saturated heterocycles. The van der Waals surface area contributed by atoms with Gasteiger partial charge in [0.15, 0.2) is 0 Å². The topological polar surface area (TPSA) is 76.4 Å². The van der Waals surface area contributed by atoms with Crippen molar-refractivity contribution in [2.45, 2.75) is 56.7 Å². The summed E-state index contributed by atoms with van der Waals surface area (Å²) < 4.78 is 0. The monoisotopic (exact) mass is 313 g/mol. The van der Waals surface area contributed by atoms with Crippen molar-refractivity contribution < 1.29 is 9.90 Å². The SMILES string of the molecule is Cl.N#C[C@@H]1CCCN1C(=O)CNC1C[C@H]2CC(O)C[C@H]2C1. The number of amides is 1. The van der Waals surface area contributed by atoms with E-state index in [1.54, 1.807) is 4.90 Å². The fraction of sp³-hybridized carbons (Fsp3) is 0.867. The van der Waals surface area contributed by atoms with Gasteiger partial charge in [-0.15, -0.1) is 12.4 Å². The number of carbonyl (C=O) groups is 1. The molecule has 6 heteroatoms. The van der Waals surface area contributed by atoms with Gasteiger partial charge in [0.25, 0.3) is 0 Å². The first kappa shape index (κ1) is 16.5. The van der Waals surface area contributed by atoms with Crippen LogP contribution in [0.1, 0.15) is 38.5 Å². The molecule has 1 heterocycles. The van der Waals surface area contributed by atoms with E-state index in [9.17, 15) is 9.90 Å². The molecule has 5 atom stereocenters. The lowest BCUT2D eigenvalue weighted by molar-refractivity contribution is -0.130. The maximum atomic E-state index is 12.1. The number of rotatable bonds is 3. The average Bonchev–Trinajstić information content (AvgIpc) is 3.08. The number of likely N-dealkylation sites (tertiary alicyclic amines) is 1. The van der Waals surface area contributed by atoms with Crippen LogP contribution in [-0.2, 0) is 4.79 Å². The zero-order valence-electron chi connectivity index (χ0n) is 12.2. The summed E-state index contributed by atoms with van der Waals surface area (Å²) >= 11 is 0. The molecule has 2 unspecified atom stereocenters. The molecule has 5 nitrogen and oxygen atoms in total. The highest BCUT2D eigenvalue weighted by Gasteiger charge is 2.41. The molecular formula is C15H24ClN3O2. The van der Waals surface area contributed by atoms with Crippen LogP contribution in [-0.4, -0.2) is 47.2 Å². The van der Waals surface area contributed by atoms with Crippen molar-refractivity contribution in [2.24, 2.45) is 11.8 Å². The molecule has 2 saturated carbocycles. The van der Waals surface area contributed by atoms with Crippen molar-refractivity contribution in [3.05, 3.63) is 0 Å². The molecule has 0 bridgehead atoms. The molecule has 3 fully saturated rings. The van der Waals surface area contributed by atoms with Crippen LogP contribution in [0.3, 0.4) is 0 Å². The highest BCUT2D eigenvalue weighted by Crippen LogP contribution is 2.44. The summed E-state index contributed by atoms with van der Waals surface area (Å²) in [5.74, 6) is 1.33. The molecule has 21 heavy (non-hydrogen) atoms. The second kappa shape index (κ2) is 6.95. The number of nitrogens with zero attached hydrogens (tertiary/aromatic N) is 2. The number of nitrogens with one attached hydrogen (secondary N) is 1. The Hall–Kier alpha value is -0.830. The lowest BCUT2D eigenvalue weighted by Crippen LogP contribution is -2.43. The standard InChI is InChI=1S/C15H23N3O2.ClH/c16-8-13-2-1-3-18(13)15(20)9-17-12-4-10-6-14(19)7-11(10)5-12;/h10-14,17,19H,1-7,9H2;1H/t10-,11+,12?,13-,14?;/m0./s1. The number of nitriles is 1. The van der Waals surface area contributed by atoms with Crippen molar-refractivity contribution in [3.8, 4) is 6.07 Å². The largest absolute Gasteiger partial charge is 0.393 e. The second-order valence-corrected chi connectivity index (χ2v) is 6.57.